The highest BCUT2D eigenvalue weighted by atomic mass is 19.1. The van der Waals surface area contributed by atoms with Gasteiger partial charge in [-0.3, -0.25) is 4.79 Å². The molecule has 1 amide bonds. The number of rotatable bonds is 8. The topological polar surface area (TPSA) is 56.8 Å². The van der Waals surface area contributed by atoms with Crippen molar-refractivity contribution in [2.45, 2.75) is 26.0 Å². The van der Waals surface area contributed by atoms with Gasteiger partial charge in [0.25, 0.3) is 5.91 Å². The van der Waals surface area contributed by atoms with E-state index in [1.54, 1.807) is 38.5 Å². The number of ether oxygens (including phenoxy) is 3. The van der Waals surface area contributed by atoms with E-state index in [1.165, 1.54) is 12.1 Å². The quantitative estimate of drug-likeness (QED) is 0.796. The van der Waals surface area contributed by atoms with E-state index in [2.05, 4.69) is 5.32 Å². The predicted octanol–water partition coefficient (Wildman–Crippen LogP) is 3.32. The lowest BCUT2D eigenvalue weighted by atomic mass is 10.2. The van der Waals surface area contributed by atoms with Crippen molar-refractivity contribution in [2.24, 2.45) is 0 Å². The van der Waals surface area contributed by atoms with E-state index >= 15 is 0 Å². The molecule has 0 bridgehead atoms. The normalized spacial score (nSPS) is 11.5. The highest BCUT2D eigenvalue weighted by Gasteiger charge is 2.19. The van der Waals surface area contributed by atoms with Crippen LogP contribution in [0.5, 0.6) is 17.2 Å². The molecule has 0 spiro atoms. The second-order valence-corrected chi connectivity index (χ2v) is 5.35. The number of carbonyl (C=O) groups excluding carboxylic acids is 1. The van der Waals surface area contributed by atoms with Gasteiger partial charge in [0.05, 0.1) is 14.2 Å². The molecular formula is C19H22FNO4. The average molecular weight is 347 g/mol. The number of halogens is 1. The number of methoxy groups -OCH3 is 2. The highest BCUT2D eigenvalue weighted by Crippen LogP contribution is 2.27. The highest BCUT2D eigenvalue weighted by molar-refractivity contribution is 5.81. The van der Waals surface area contributed by atoms with Gasteiger partial charge in [-0.05, 0) is 36.2 Å². The summed E-state index contributed by atoms with van der Waals surface area (Å²) in [6.45, 7) is 2.11. The lowest BCUT2D eigenvalue weighted by Crippen LogP contribution is -2.37. The summed E-state index contributed by atoms with van der Waals surface area (Å²) in [6.07, 6.45) is -0.344. The third-order valence-corrected chi connectivity index (χ3v) is 3.68. The third-order valence-electron chi connectivity index (χ3n) is 3.68. The second-order valence-electron chi connectivity index (χ2n) is 5.35. The van der Waals surface area contributed by atoms with Crippen molar-refractivity contribution in [2.75, 3.05) is 14.2 Å². The van der Waals surface area contributed by atoms with Gasteiger partial charge in [0, 0.05) is 6.54 Å². The Morgan fingerprint density at radius 2 is 1.80 bits per heavy atom. The Bertz CT molecular complexity index is 720. The van der Waals surface area contributed by atoms with Crippen LogP contribution in [0.1, 0.15) is 18.9 Å². The van der Waals surface area contributed by atoms with Crippen molar-refractivity contribution in [1.29, 1.82) is 0 Å². The van der Waals surface area contributed by atoms with E-state index in [9.17, 15) is 9.18 Å². The van der Waals surface area contributed by atoms with Crippen LogP contribution in [-0.2, 0) is 11.3 Å². The Morgan fingerprint density at radius 1 is 1.08 bits per heavy atom. The minimum atomic E-state index is -0.767. The maximum absolute atomic E-state index is 13.7. The summed E-state index contributed by atoms with van der Waals surface area (Å²) in [5, 5.41) is 2.80. The monoisotopic (exact) mass is 347 g/mol. The Morgan fingerprint density at radius 3 is 2.44 bits per heavy atom. The first-order valence-corrected chi connectivity index (χ1v) is 7.98. The zero-order chi connectivity index (χ0) is 18.2. The van der Waals surface area contributed by atoms with Crippen molar-refractivity contribution >= 4 is 5.91 Å². The number of benzene rings is 2. The van der Waals surface area contributed by atoms with Gasteiger partial charge in [0.15, 0.2) is 29.2 Å². The van der Waals surface area contributed by atoms with Crippen LogP contribution in [0.2, 0.25) is 0 Å². The molecule has 134 valence electrons. The van der Waals surface area contributed by atoms with Crippen molar-refractivity contribution < 1.29 is 23.4 Å². The summed E-state index contributed by atoms with van der Waals surface area (Å²) in [5.74, 6) is 0.473. The van der Waals surface area contributed by atoms with E-state index in [-0.39, 0.29) is 11.7 Å². The van der Waals surface area contributed by atoms with Gasteiger partial charge in [0.2, 0.25) is 0 Å². The molecule has 1 N–H and O–H groups in total. The largest absolute Gasteiger partial charge is 0.493 e. The Hall–Kier alpha value is -2.76. The average Bonchev–Trinajstić information content (AvgIpc) is 2.65. The van der Waals surface area contributed by atoms with Gasteiger partial charge in [-0.2, -0.15) is 0 Å². The summed E-state index contributed by atoms with van der Waals surface area (Å²) in [6, 6.07) is 11.4. The molecule has 0 aromatic heterocycles. The molecule has 1 atom stereocenters. The minimum absolute atomic E-state index is 0.0654. The van der Waals surface area contributed by atoms with E-state index in [1.807, 2.05) is 13.0 Å². The number of para-hydroxylation sites is 1. The van der Waals surface area contributed by atoms with Crippen LogP contribution in [0.4, 0.5) is 4.39 Å². The first-order valence-electron chi connectivity index (χ1n) is 7.98. The summed E-state index contributed by atoms with van der Waals surface area (Å²) >= 11 is 0. The fourth-order valence-corrected chi connectivity index (χ4v) is 2.31. The molecular weight excluding hydrogens is 325 g/mol. The number of amides is 1. The first kappa shape index (κ1) is 18.6. The molecule has 0 aliphatic rings. The van der Waals surface area contributed by atoms with Crippen LogP contribution in [0.15, 0.2) is 42.5 Å². The van der Waals surface area contributed by atoms with Crippen molar-refractivity contribution in [3.05, 3.63) is 53.8 Å². The van der Waals surface area contributed by atoms with Crippen molar-refractivity contribution in [3.8, 4) is 17.2 Å². The number of hydrogen-bond donors (Lipinski definition) is 1. The molecule has 0 radical (unpaired) electrons. The second kappa shape index (κ2) is 8.92. The SMILES string of the molecule is CCC(Oc1ccccc1F)C(=O)NCc1ccc(OC)c(OC)c1. The van der Waals surface area contributed by atoms with Gasteiger partial charge in [-0.1, -0.05) is 25.1 Å². The maximum Gasteiger partial charge on any atom is 0.261 e. The van der Waals surface area contributed by atoms with E-state index in [4.69, 9.17) is 14.2 Å². The molecule has 0 saturated carbocycles. The zero-order valence-electron chi connectivity index (χ0n) is 14.5. The molecule has 0 saturated heterocycles. The lowest BCUT2D eigenvalue weighted by molar-refractivity contribution is -0.128. The molecule has 0 aliphatic carbocycles. The van der Waals surface area contributed by atoms with E-state index in [0.717, 1.165) is 5.56 Å². The minimum Gasteiger partial charge on any atom is -0.493 e. The van der Waals surface area contributed by atoms with Crippen molar-refractivity contribution in [1.82, 2.24) is 5.32 Å². The molecule has 0 aliphatic heterocycles. The van der Waals surface area contributed by atoms with Gasteiger partial charge < -0.3 is 19.5 Å². The predicted molar refractivity (Wildman–Crippen MR) is 92.5 cm³/mol. The van der Waals surface area contributed by atoms with E-state index < -0.39 is 11.9 Å². The van der Waals surface area contributed by atoms with Gasteiger partial charge >= 0.3 is 0 Å². The maximum atomic E-state index is 13.7. The van der Waals surface area contributed by atoms with Crippen LogP contribution >= 0.6 is 0 Å². The smallest absolute Gasteiger partial charge is 0.261 e. The van der Waals surface area contributed by atoms with Crippen LogP contribution in [0, 0.1) is 5.82 Å². The zero-order valence-corrected chi connectivity index (χ0v) is 14.5. The Balaban J connectivity index is 1.99. The third kappa shape index (κ3) is 4.86. The first-order chi connectivity index (χ1) is 12.1. The molecule has 25 heavy (non-hydrogen) atoms. The van der Waals surface area contributed by atoms with Gasteiger partial charge in [-0.15, -0.1) is 0 Å². The fourth-order valence-electron chi connectivity index (χ4n) is 2.31. The van der Waals surface area contributed by atoms with E-state index in [0.29, 0.717) is 24.5 Å². The summed E-state index contributed by atoms with van der Waals surface area (Å²) in [7, 11) is 3.11. The van der Waals surface area contributed by atoms with Gasteiger partial charge in [-0.25, -0.2) is 4.39 Å². The molecule has 2 rings (SSSR count). The molecule has 5 nitrogen and oxygen atoms in total. The van der Waals surface area contributed by atoms with Crippen LogP contribution in [0.25, 0.3) is 0 Å². The lowest BCUT2D eigenvalue weighted by Gasteiger charge is -2.18. The Labute approximate surface area is 146 Å². The standard InChI is InChI=1S/C19H22FNO4/c1-4-15(25-16-8-6-5-7-14(16)20)19(22)21-12-13-9-10-17(23-2)18(11-13)24-3/h5-11,15H,4,12H2,1-3H3,(H,21,22). The number of carbonyl (C=O) groups is 1. The molecule has 6 heteroatoms. The van der Waals surface area contributed by atoms with Crippen LogP contribution in [-0.4, -0.2) is 26.2 Å². The molecule has 0 fully saturated rings. The van der Waals surface area contributed by atoms with Gasteiger partial charge in [0.1, 0.15) is 0 Å². The molecule has 1 unspecified atom stereocenters. The molecule has 0 heterocycles. The number of nitrogens with one attached hydrogen (secondary N) is 1. The molecule has 2 aromatic rings. The summed E-state index contributed by atoms with van der Waals surface area (Å²) < 4.78 is 29.6. The fraction of sp³-hybridized carbons (Fsp3) is 0.316. The van der Waals surface area contributed by atoms with Crippen LogP contribution < -0.4 is 19.5 Å². The van der Waals surface area contributed by atoms with Crippen molar-refractivity contribution in [3.63, 3.8) is 0 Å². The Kier molecular flexibility index (Phi) is 6.62. The summed E-state index contributed by atoms with van der Waals surface area (Å²) in [5.41, 5.74) is 0.853. The summed E-state index contributed by atoms with van der Waals surface area (Å²) in [4.78, 5) is 12.3. The number of hydrogen-bond acceptors (Lipinski definition) is 4. The van der Waals surface area contributed by atoms with Crippen LogP contribution in [0.3, 0.4) is 0 Å². The molecule has 2 aromatic carbocycles.